The number of ether oxygens (including phenoxy) is 1. The molecule has 0 aromatic heterocycles. The Kier molecular flexibility index (Phi) is 3.92. The van der Waals surface area contributed by atoms with Crippen LogP contribution in [0.4, 0.5) is 0 Å². The van der Waals surface area contributed by atoms with Crippen molar-refractivity contribution in [3.8, 4) is 17.6 Å². The highest BCUT2D eigenvalue weighted by molar-refractivity contribution is 6.31. The molecular formula is C15H10ClNO3. The predicted octanol–water partition coefficient (Wildman–Crippen LogP) is 4.01. The van der Waals surface area contributed by atoms with Gasteiger partial charge in [-0.3, -0.25) is 0 Å². The number of aryl methyl sites for hydroxylation is 1. The van der Waals surface area contributed by atoms with Gasteiger partial charge < -0.3 is 9.84 Å². The Bertz CT molecular complexity index is 720. The first-order chi connectivity index (χ1) is 9.52. The minimum atomic E-state index is -0.991. The second-order valence-electron chi connectivity index (χ2n) is 4.11. The van der Waals surface area contributed by atoms with E-state index in [0.29, 0.717) is 22.1 Å². The van der Waals surface area contributed by atoms with E-state index in [2.05, 4.69) is 0 Å². The minimum Gasteiger partial charge on any atom is -0.478 e. The van der Waals surface area contributed by atoms with E-state index in [9.17, 15) is 4.79 Å². The number of nitriles is 1. The van der Waals surface area contributed by atoms with E-state index in [1.807, 2.05) is 6.07 Å². The molecule has 0 radical (unpaired) electrons. The van der Waals surface area contributed by atoms with Crippen molar-refractivity contribution in [3.63, 3.8) is 0 Å². The van der Waals surface area contributed by atoms with Gasteiger partial charge in [-0.25, -0.2) is 4.79 Å². The summed E-state index contributed by atoms with van der Waals surface area (Å²) in [5, 5.41) is 18.3. The van der Waals surface area contributed by atoms with Crippen molar-refractivity contribution < 1.29 is 14.6 Å². The van der Waals surface area contributed by atoms with Gasteiger partial charge in [-0.2, -0.15) is 5.26 Å². The summed E-state index contributed by atoms with van der Waals surface area (Å²) >= 11 is 5.91. The first kappa shape index (κ1) is 13.9. The van der Waals surface area contributed by atoms with Crippen LogP contribution in [0, 0.1) is 18.3 Å². The number of aromatic carboxylic acids is 1. The van der Waals surface area contributed by atoms with Crippen LogP contribution < -0.4 is 4.74 Å². The molecule has 0 aliphatic rings. The van der Waals surface area contributed by atoms with E-state index < -0.39 is 5.97 Å². The van der Waals surface area contributed by atoms with Crippen LogP contribution in [0.5, 0.6) is 11.5 Å². The highest BCUT2D eigenvalue weighted by Crippen LogP contribution is 2.30. The average Bonchev–Trinajstić information content (AvgIpc) is 2.38. The van der Waals surface area contributed by atoms with Gasteiger partial charge in [0.25, 0.3) is 0 Å². The third-order valence-electron chi connectivity index (χ3n) is 2.74. The SMILES string of the molecule is Cc1cc(Oc2cccc(Cl)c2C#N)ccc1C(=O)O. The Morgan fingerprint density at radius 1 is 1.35 bits per heavy atom. The fourth-order valence-electron chi connectivity index (χ4n) is 1.76. The van der Waals surface area contributed by atoms with Gasteiger partial charge in [0.05, 0.1) is 10.6 Å². The van der Waals surface area contributed by atoms with E-state index >= 15 is 0 Å². The van der Waals surface area contributed by atoms with Crippen LogP contribution in [0.2, 0.25) is 5.02 Å². The molecule has 0 saturated carbocycles. The van der Waals surface area contributed by atoms with E-state index in [-0.39, 0.29) is 11.1 Å². The van der Waals surface area contributed by atoms with Crippen molar-refractivity contribution in [3.05, 3.63) is 58.1 Å². The monoisotopic (exact) mass is 287 g/mol. The summed E-state index contributed by atoms with van der Waals surface area (Å²) in [7, 11) is 0. The fraction of sp³-hybridized carbons (Fsp3) is 0.0667. The molecule has 0 aliphatic heterocycles. The molecule has 0 bridgehead atoms. The maximum absolute atomic E-state index is 10.9. The lowest BCUT2D eigenvalue weighted by atomic mass is 10.1. The van der Waals surface area contributed by atoms with Crippen LogP contribution in [0.15, 0.2) is 36.4 Å². The van der Waals surface area contributed by atoms with Crippen molar-refractivity contribution in [2.24, 2.45) is 0 Å². The van der Waals surface area contributed by atoms with Crippen LogP contribution >= 0.6 is 11.6 Å². The molecule has 0 atom stereocenters. The highest BCUT2D eigenvalue weighted by atomic mass is 35.5. The van der Waals surface area contributed by atoms with Crippen molar-refractivity contribution >= 4 is 17.6 Å². The molecule has 0 unspecified atom stereocenters. The zero-order valence-corrected chi connectivity index (χ0v) is 11.3. The van der Waals surface area contributed by atoms with E-state index in [1.54, 1.807) is 37.3 Å². The third-order valence-corrected chi connectivity index (χ3v) is 3.06. The number of halogens is 1. The van der Waals surface area contributed by atoms with Gasteiger partial charge in [-0.1, -0.05) is 17.7 Å². The van der Waals surface area contributed by atoms with Crippen LogP contribution in [0.1, 0.15) is 21.5 Å². The van der Waals surface area contributed by atoms with Gasteiger partial charge >= 0.3 is 5.97 Å². The normalized spacial score (nSPS) is 9.85. The molecule has 2 aromatic carbocycles. The lowest BCUT2D eigenvalue weighted by Gasteiger charge is -2.09. The van der Waals surface area contributed by atoms with Gasteiger partial charge in [-0.15, -0.1) is 0 Å². The molecule has 0 saturated heterocycles. The standard InChI is InChI=1S/C15H10ClNO3/c1-9-7-10(5-6-11(9)15(18)19)20-14-4-2-3-13(16)12(14)8-17/h2-7H,1H3,(H,18,19). The molecule has 1 N–H and O–H groups in total. The zero-order chi connectivity index (χ0) is 14.7. The smallest absolute Gasteiger partial charge is 0.335 e. The predicted molar refractivity (Wildman–Crippen MR) is 74.4 cm³/mol. The number of rotatable bonds is 3. The Labute approximate surface area is 120 Å². The minimum absolute atomic E-state index is 0.212. The summed E-state index contributed by atoms with van der Waals surface area (Å²) in [6.07, 6.45) is 0. The van der Waals surface area contributed by atoms with Gasteiger partial charge in [0.2, 0.25) is 0 Å². The molecule has 2 rings (SSSR count). The number of nitrogens with zero attached hydrogens (tertiary/aromatic N) is 1. The Hall–Kier alpha value is -2.51. The molecule has 100 valence electrons. The summed E-state index contributed by atoms with van der Waals surface area (Å²) in [5.74, 6) is -0.205. The quantitative estimate of drug-likeness (QED) is 0.926. The fourth-order valence-corrected chi connectivity index (χ4v) is 1.97. The van der Waals surface area contributed by atoms with Crippen LogP contribution in [-0.4, -0.2) is 11.1 Å². The largest absolute Gasteiger partial charge is 0.478 e. The molecule has 0 heterocycles. The molecule has 0 spiro atoms. The molecular weight excluding hydrogens is 278 g/mol. The first-order valence-electron chi connectivity index (χ1n) is 5.73. The molecule has 2 aromatic rings. The van der Waals surface area contributed by atoms with Gasteiger partial charge in [0.15, 0.2) is 0 Å². The lowest BCUT2D eigenvalue weighted by Crippen LogP contribution is -1.99. The number of benzene rings is 2. The van der Waals surface area contributed by atoms with E-state index in [1.165, 1.54) is 6.07 Å². The molecule has 5 heteroatoms. The molecule has 20 heavy (non-hydrogen) atoms. The summed E-state index contributed by atoms with van der Waals surface area (Å²) in [5.41, 5.74) is 1.04. The first-order valence-corrected chi connectivity index (χ1v) is 6.11. The summed E-state index contributed by atoms with van der Waals surface area (Å²) in [6, 6.07) is 11.5. The topological polar surface area (TPSA) is 70.3 Å². The maximum Gasteiger partial charge on any atom is 0.335 e. The van der Waals surface area contributed by atoms with Crippen LogP contribution in [-0.2, 0) is 0 Å². The van der Waals surface area contributed by atoms with Crippen LogP contribution in [0.3, 0.4) is 0 Å². The number of carboxylic acid groups (broad SMARTS) is 1. The van der Waals surface area contributed by atoms with Gasteiger partial charge in [0, 0.05) is 0 Å². The number of carboxylic acids is 1. The van der Waals surface area contributed by atoms with Crippen molar-refractivity contribution in [1.29, 1.82) is 5.26 Å². The van der Waals surface area contributed by atoms with Gasteiger partial charge in [0.1, 0.15) is 23.1 Å². The summed E-state index contributed by atoms with van der Waals surface area (Å²) in [4.78, 5) is 10.9. The van der Waals surface area contributed by atoms with E-state index in [4.69, 9.17) is 26.7 Å². The van der Waals surface area contributed by atoms with E-state index in [0.717, 1.165) is 0 Å². The highest BCUT2D eigenvalue weighted by Gasteiger charge is 2.11. The summed E-state index contributed by atoms with van der Waals surface area (Å²) in [6.45, 7) is 1.68. The molecule has 0 amide bonds. The second-order valence-corrected chi connectivity index (χ2v) is 4.52. The Balaban J connectivity index is 2.37. The molecule has 4 nitrogen and oxygen atoms in total. The number of carbonyl (C=O) groups is 1. The van der Waals surface area contributed by atoms with Crippen molar-refractivity contribution in [2.75, 3.05) is 0 Å². The Morgan fingerprint density at radius 2 is 2.10 bits per heavy atom. The van der Waals surface area contributed by atoms with Gasteiger partial charge in [-0.05, 0) is 42.8 Å². The number of hydrogen-bond donors (Lipinski definition) is 1. The number of hydrogen-bond acceptors (Lipinski definition) is 3. The van der Waals surface area contributed by atoms with Crippen LogP contribution in [0.25, 0.3) is 0 Å². The van der Waals surface area contributed by atoms with Crippen molar-refractivity contribution in [1.82, 2.24) is 0 Å². The third kappa shape index (κ3) is 2.73. The Morgan fingerprint density at radius 3 is 2.70 bits per heavy atom. The maximum atomic E-state index is 10.9. The summed E-state index contributed by atoms with van der Waals surface area (Å²) < 4.78 is 5.60. The lowest BCUT2D eigenvalue weighted by molar-refractivity contribution is 0.0696. The second kappa shape index (κ2) is 5.64. The zero-order valence-electron chi connectivity index (χ0n) is 10.6. The molecule has 0 fully saturated rings. The average molecular weight is 288 g/mol. The van der Waals surface area contributed by atoms with Crippen molar-refractivity contribution in [2.45, 2.75) is 6.92 Å². The molecule has 0 aliphatic carbocycles.